The molecule has 3 rings (SSSR count). The van der Waals surface area contributed by atoms with Crippen LogP contribution in [-0.2, 0) is 0 Å². The molecule has 2 aromatic carbocycles. The van der Waals surface area contributed by atoms with Gasteiger partial charge in [-0.25, -0.2) is 0 Å². The van der Waals surface area contributed by atoms with Crippen molar-refractivity contribution >= 4 is 0 Å². The van der Waals surface area contributed by atoms with Crippen molar-refractivity contribution < 1.29 is 0 Å². The lowest BCUT2D eigenvalue weighted by atomic mass is 10.0. The average Bonchev–Trinajstić information content (AvgIpc) is 2.92. The van der Waals surface area contributed by atoms with Crippen molar-refractivity contribution in [1.82, 2.24) is 9.80 Å². The van der Waals surface area contributed by atoms with Crippen LogP contribution < -0.4 is 0 Å². The minimum atomic E-state index is 0.527. The summed E-state index contributed by atoms with van der Waals surface area (Å²) in [6.07, 6.45) is 2.47. The summed E-state index contributed by atoms with van der Waals surface area (Å²) in [5.74, 6) is 0. The number of likely N-dealkylation sites (tertiary alicyclic amines) is 1. The van der Waals surface area contributed by atoms with Crippen LogP contribution in [-0.4, -0.2) is 30.6 Å². The summed E-state index contributed by atoms with van der Waals surface area (Å²) in [6, 6.07) is 22.9. The highest BCUT2D eigenvalue weighted by Gasteiger charge is 2.35. The molecule has 1 aliphatic rings. The number of hydrogen-bond donors (Lipinski definition) is 0. The summed E-state index contributed by atoms with van der Waals surface area (Å²) >= 11 is 0. The van der Waals surface area contributed by atoms with Crippen LogP contribution in [0.25, 0.3) is 0 Å². The van der Waals surface area contributed by atoms with Gasteiger partial charge in [0, 0.05) is 12.1 Å². The zero-order valence-corrected chi connectivity index (χ0v) is 12.9. The molecule has 0 N–H and O–H groups in total. The van der Waals surface area contributed by atoms with Crippen LogP contribution in [0.3, 0.4) is 0 Å². The molecule has 0 aliphatic carbocycles. The van der Waals surface area contributed by atoms with Gasteiger partial charge in [0.2, 0.25) is 0 Å². The van der Waals surface area contributed by atoms with E-state index < -0.39 is 0 Å². The Morgan fingerprint density at radius 3 is 1.62 bits per heavy atom. The van der Waals surface area contributed by atoms with E-state index in [1.165, 1.54) is 24.0 Å². The monoisotopic (exact) mass is 280 g/mol. The molecule has 110 valence electrons. The van der Waals surface area contributed by atoms with Gasteiger partial charge in [-0.05, 0) is 38.1 Å². The first-order chi connectivity index (χ1) is 10.3. The molecule has 0 bridgehead atoms. The number of nitrogens with zero attached hydrogens (tertiary/aromatic N) is 2. The van der Waals surface area contributed by atoms with Gasteiger partial charge in [0.15, 0.2) is 0 Å². The van der Waals surface area contributed by atoms with Crippen LogP contribution in [0.15, 0.2) is 60.7 Å². The number of benzene rings is 2. The first-order valence-electron chi connectivity index (χ1n) is 7.76. The molecular formula is C19H24N2. The smallest absolute Gasteiger partial charge is 0.0512 e. The molecule has 2 aromatic rings. The molecule has 2 nitrogen and oxygen atoms in total. The molecule has 0 radical (unpaired) electrons. The number of rotatable bonds is 4. The molecule has 1 saturated heterocycles. The van der Waals surface area contributed by atoms with E-state index >= 15 is 0 Å². The highest BCUT2D eigenvalue weighted by atomic mass is 15.3. The van der Waals surface area contributed by atoms with E-state index in [1.807, 2.05) is 0 Å². The van der Waals surface area contributed by atoms with Crippen LogP contribution in [0.5, 0.6) is 0 Å². The Morgan fingerprint density at radius 1 is 0.810 bits per heavy atom. The van der Waals surface area contributed by atoms with Crippen molar-refractivity contribution in [1.29, 1.82) is 0 Å². The topological polar surface area (TPSA) is 6.48 Å². The molecule has 1 fully saturated rings. The molecule has 0 aromatic heterocycles. The van der Waals surface area contributed by atoms with E-state index in [0.717, 1.165) is 6.67 Å². The highest BCUT2D eigenvalue weighted by Crippen LogP contribution is 2.43. The van der Waals surface area contributed by atoms with Crippen molar-refractivity contribution in [2.75, 3.05) is 20.8 Å². The highest BCUT2D eigenvalue weighted by molar-refractivity contribution is 5.25. The second-order valence-electron chi connectivity index (χ2n) is 6.17. The van der Waals surface area contributed by atoms with E-state index in [0.29, 0.717) is 12.1 Å². The first kappa shape index (κ1) is 14.3. The number of hydrogen-bond acceptors (Lipinski definition) is 2. The molecule has 0 unspecified atom stereocenters. The lowest BCUT2D eigenvalue weighted by Crippen LogP contribution is -2.35. The Hall–Kier alpha value is -1.64. The van der Waals surface area contributed by atoms with Crippen LogP contribution in [0.1, 0.15) is 36.1 Å². The van der Waals surface area contributed by atoms with Crippen LogP contribution in [0.4, 0.5) is 0 Å². The first-order valence-corrected chi connectivity index (χ1v) is 7.76. The molecule has 0 spiro atoms. The predicted molar refractivity (Wildman–Crippen MR) is 88.0 cm³/mol. The molecule has 0 saturated carbocycles. The van der Waals surface area contributed by atoms with Crippen molar-refractivity contribution in [2.45, 2.75) is 24.9 Å². The lowest BCUT2D eigenvalue weighted by molar-refractivity contribution is 0.119. The minimum Gasteiger partial charge on any atom is -0.297 e. The van der Waals surface area contributed by atoms with Gasteiger partial charge in [0.25, 0.3) is 0 Å². The third-order valence-corrected chi connectivity index (χ3v) is 4.33. The Labute approximate surface area is 128 Å². The van der Waals surface area contributed by atoms with Crippen LogP contribution in [0, 0.1) is 0 Å². The van der Waals surface area contributed by atoms with Crippen molar-refractivity contribution in [3.63, 3.8) is 0 Å². The largest absolute Gasteiger partial charge is 0.297 e. The Morgan fingerprint density at radius 2 is 1.24 bits per heavy atom. The quantitative estimate of drug-likeness (QED) is 0.832. The van der Waals surface area contributed by atoms with Crippen molar-refractivity contribution in [2.24, 2.45) is 0 Å². The maximum atomic E-state index is 2.64. The summed E-state index contributed by atoms with van der Waals surface area (Å²) < 4.78 is 0. The van der Waals surface area contributed by atoms with Crippen LogP contribution >= 0.6 is 0 Å². The summed E-state index contributed by atoms with van der Waals surface area (Å²) in [4.78, 5) is 4.92. The second kappa shape index (κ2) is 6.42. The van der Waals surface area contributed by atoms with Gasteiger partial charge in [-0.2, -0.15) is 0 Å². The van der Waals surface area contributed by atoms with E-state index in [-0.39, 0.29) is 0 Å². The van der Waals surface area contributed by atoms with Gasteiger partial charge < -0.3 is 0 Å². The van der Waals surface area contributed by atoms with Gasteiger partial charge in [0.1, 0.15) is 0 Å². The Kier molecular flexibility index (Phi) is 4.37. The minimum absolute atomic E-state index is 0.527. The Balaban J connectivity index is 1.89. The summed E-state index contributed by atoms with van der Waals surface area (Å²) in [5.41, 5.74) is 2.88. The van der Waals surface area contributed by atoms with Gasteiger partial charge >= 0.3 is 0 Å². The summed E-state index contributed by atoms with van der Waals surface area (Å²) in [6.45, 7) is 0.999. The van der Waals surface area contributed by atoms with Crippen LogP contribution in [0.2, 0.25) is 0 Å². The maximum absolute atomic E-state index is 2.64. The molecule has 2 heteroatoms. The zero-order chi connectivity index (χ0) is 14.7. The zero-order valence-electron chi connectivity index (χ0n) is 12.9. The van der Waals surface area contributed by atoms with Gasteiger partial charge in [-0.1, -0.05) is 60.7 Å². The van der Waals surface area contributed by atoms with Gasteiger partial charge in [-0.3, -0.25) is 9.80 Å². The molecule has 1 aliphatic heterocycles. The standard InChI is InChI=1S/C19H24N2/c1-20(2)15-21-18(16-9-5-3-6-10-16)13-14-19(21)17-11-7-4-8-12-17/h3-12,18-19H,13-15H2,1-2H3/t18-,19-/m1/s1. The van der Waals surface area contributed by atoms with Gasteiger partial charge in [0.05, 0.1) is 6.67 Å². The van der Waals surface area contributed by atoms with E-state index in [9.17, 15) is 0 Å². The molecule has 21 heavy (non-hydrogen) atoms. The van der Waals surface area contributed by atoms with E-state index in [4.69, 9.17) is 0 Å². The Bertz CT molecular complexity index is 503. The van der Waals surface area contributed by atoms with E-state index in [1.54, 1.807) is 0 Å². The second-order valence-corrected chi connectivity index (χ2v) is 6.17. The van der Waals surface area contributed by atoms with Crippen molar-refractivity contribution in [3.8, 4) is 0 Å². The molecular weight excluding hydrogens is 256 g/mol. The fourth-order valence-electron chi connectivity index (χ4n) is 3.45. The summed E-state index contributed by atoms with van der Waals surface area (Å²) in [5, 5.41) is 0. The van der Waals surface area contributed by atoms with Gasteiger partial charge in [-0.15, -0.1) is 0 Å². The van der Waals surface area contributed by atoms with Crippen molar-refractivity contribution in [3.05, 3.63) is 71.8 Å². The SMILES string of the molecule is CN(C)CN1[C@@H](c2ccccc2)CC[C@@H]1c1ccccc1. The summed E-state index contributed by atoms with van der Waals surface area (Å²) in [7, 11) is 4.31. The molecule has 1 heterocycles. The average molecular weight is 280 g/mol. The maximum Gasteiger partial charge on any atom is 0.0512 e. The normalized spacial score (nSPS) is 22.8. The predicted octanol–water partition coefficient (Wildman–Crippen LogP) is 4.08. The fourth-order valence-corrected chi connectivity index (χ4v) is 3.45. The van der Waals surface area contributed by atoms with E-state index in [2.05, 4.69) is 84.6 Å². The third kappa shape index (κ3) is 3.17. The third-order valence-electron chi connectivity index (χ3n) is 4.33. The molecule has 2 atom stereocenters. The lowest BCUT2D eigenvalue weighted by Gasteiger charge is -2.33. The fraction of sp³-hybridized carbons (Fsp3) is 0.368. The molecule has 0 amide bonds.